The molecular weight excluding hydrogens is 344 g/mol. The van der Waals surface area contributed by atoms with Gasteiger partial charge in [0.05, 0.1) is 6.54 Å². The third-order valence-corrected chi connectivity index (χ3v) is 2.20. The van der Waals surface area contributed by atoms with Crippen LogP contribution < -0.4 is 10.6 Å². The monoisotopic (exact) mass is 361 g/mol. The van der Waals surface area contributed by atoms with E-state index >= 15 is 0 Å². The van der Waals surface area contributed by atoms with Crippen molar-refractivity contribution in [2.45, 2.75) is 6.42 Å². The van der Waals surface area contributed by atoms with Crippen molar-refractivity contribution >= 4 is 29.9 Å². The number of benzene rings is 1. The highest BCUT2D eigenvalue weighted by Gasteiger charge is 1.97. The Kier molecular flexibility index (Phi) is 9.01. The van der Waals surface area contributed by atoms with Gasteiger partial charge in [-0.3, -0.25) is 4.99 Å². The lowest BCUT2D eigenvalue weighted by atomic mass is 10.1. The summed E-state index contributed by atoms with van der Waals surface area (Å²) >= 11 is 0. The van der Waals surface area contributed by atoms with Crippen LogP contribution in [0.25, 0.3) is 0 Å². The van der Waals surface area contributed by atoms with E-state index in [0.29, 0.717) is 12.5 Å². The minimum Gasteiger partial charge on any atom is -0.356 e. The van der Waals surface area contributed by atoms with Crippen LogP contribution in [0.5, 0.6) is 0 Å². The molecule has 0 aliphatic carbocycles. The number of terminal acetylenes is 1. The summed E-state index contributed by atoms with van der Waals surface area (Å²) in [4.78, 5) is 4.01. The average Bonchev–Trinajstić information content (AvgIpc) is 2.36. The SMILES string of the molecule is C#CCNC(=NC)NCCc1ccc(F)cc1.I. The van der Waals surface area contributed by atoms with E-state index in [1.807, 2.05) is 0 Å². The van der Waals surface area contributed by atoms with Gasteiger partial charge in [-0.05, 0) is 24.1 Å². The third-order valence-electron chi connectivity index (χ3n) is 2.20. The first-order chi connectivity index (χ1) is 8.26. The lowest BCUT2D eigenvalue weighted by molar-refractivity contribution is 0.627. The fraction of sp³-hybridized carbons (Fsp3) is 0.308. The van der Waals surface area contributed by atoms with Gasteiger partial charge in [0.15, 0.2) is 5.96 Å². The smallest absolute Gasteiger partial charge is 0.191 e. The minimum atomic E-state index is -0.215. The molecule has 0 saturated carbocycles. The van der Waals surface area contributed by atoms with Gasteiger partial charge in [-0.2, -0.15) is 0 Å². The maximum atomic E-state index is 12.7. The van der Waals surface area contributed by atoms with Crippen molar-refractivity contribution in [2.75, 3.05) is 20.1 Å². The lowest BCUT2D eigenvalue weighted by Crippen LogP contribution is -2.38. The van der Waals surface area contributed by atoms with Crippen LogP contribution in [-0.4, -0.2) is 26.1 Å². The zero-order valence-electron chi connectivity index (χ0n) is 10.2. The van der Waals surface area contributed by atoms with Crippen molar-refractivity contribution in [1.82, 2.24) is 10.6 Å². The summed E-state index contributed by atoms with van der Waals surface area (Å²) in [7, 11) is 1.68. The second kappa shape index (κ2) is 9.71. The van der Waals surface area contributed by atoms with Crippen molar-refractivity contribution in [3.63, 3.8) is 0 Å². The Morgan fingerprint density at radius 2 is 2.00 bits per heavy atom. The molecule has 0 aromatic heterocycles. The standard InChI is InChI=1S/C13H16FN3.HI/c1-3-9-16-13(15-2)17-10-8-11-4-6-12(14)7-5-11;/h1,4-7H,8-10H2,2H3,(H2,15,16,17);1H. The summed E-state index contributed by atoms with van der Waals surface area (Å²) in [6, 6.07) is 6.46. The molecule has 1 aromatic rings. The predicted molar refractivity (Wildman–Crippen MR) is 83.7 cm³/mol. The number of guanidine groups is 1. The predicted octanol–water partition coefficient (Wildman–Crippen LogP) is 1.78. The molecule has 0 heterocycles. The van der Waals surface area contributed by atoms with Gasteiger partial charge >= 0.3 is 0 Å². The zero-order valence-corrected chi connectivity index (χ0v) is 12.6. The maximum Gasteiger partial charge on any atom is 0.191 e. The van der Waals surface area contributed by atoms with Crippen LogP contribution in [0, 0.1) is 18.2 Å². The van der Waals surface area contributed by atoms with E-state index < -0.39 is 0 Å². The number of halogens is 2. The van der Waals surface area contributed by atoms with Crippen LogP contribution in [0.4, 0.5) is 4.39 Å². The Bertz CT molecular complexity index is 409. The van der Waals surface area contributed by atoms with E-state index in [4.69, 9.17) is 6.42 Å². The van der Waals surface area contributed by atoms with Gasteiger partial charge in [0, 0.05) is 13.6 Å². The van der Waals surface area contributed by atoms with E-state index in [1.165, 1.54) is 12.1 Å². The summed E-state index contributed by atoms with van der Waals surface area (Å²) in [5.74, 6) is 2.93. The molecule has 0 unspecified atom stereocenters. The number of nitrogens with zero attached hydrogens (tertiary/aromatic N) is 1. The molecule has 98 valence electrons. The highest BCUT2D eigenvalue weighted by molar-refractivity contribution is 14.0. The van der Waals surface area contributed by atoms with Gasteiger partial charge in [-0.15, -0.1) is 30.4 Å². The second-order valence-corrected chi connectivity index (χ2v) is 3.43. The Hall–Kier alpha value is -1.29. The van der Waals surface area contributed by atoms with Crippen LogP contribution >= 0.6 is 24.0 Å². The molecule has 0 amide bonds. The average molecular weight is 361 g/mol. The maximum absolute atomic E-state index is 12.7. The van der Waals surface area contributed by atoms with Gasteiger partial charge in [0.25, 0.3) is 0 Å². The van der Waals surface area contributed by atoms with Crippen LogP contribution in [0.3, 0.4) is 0 Å². The molecule has 3 nitrogen and oxygen atoms in total. The van der Waals surface area contributed by atoms with Crippen molar-refractivity contribution in [3.05, 3.63) is 35.6 Å². The van der Waals surface area contributed by atoms with E-state index in [2.05, 4.69) is 21.5 Å². The normalized spacial score (nSPS) is 10.2. The van der Waals surface area contributed by atoms with E-state index in [9.17, 15) is 4.39 Å². The molecule has 0 aliphatic heterocycles. The number of hydrogen-bond acceptors (Lipinski definition) is 1. The van der Waals surface area contributed by atoms with Gasteiger partial charge in [-0.25, -0.2) is 4.39 Å². The summed E-state index contributed by atoms with van der Waals surface area (Å²) in [5.41, 5.74) is 1.08. The highest BCUT2D eigenvalue weighted by Crippen LogP contribution is 2.02. The zero-order chi connectivity index (χ0) is 12.5. The largest absolute Gasteiger partial charge is 0.356 e. The van der Waals surface area contributed by atoms with E-state index in [0.717, 1.165) is 18.5 Å². The highest BCUT2D eigenvalue weighted by atomic mass is 127. The molecule has 1 rings (SSSR count). The Balaban J connectivity index is 0.00000289. The summed E-state index contributed by atoms with van der Waals surface area (Å²) in [6.07, 6.45) is 5.94. The van der Waals surface area contributed by atoms with Crippen LogP contribution in [0.1, 0.15) is 5.56 Å². The molecule has 0 aliphatic rings. The first-order valence-corrected chi connectivity index (χ1v) is 5.38. The van der Waals surface area contributed by atoms with Crippen molar-refractivity contribution in [1.29, 1.82) is 0 Å². The molecule has 0 bridgehead atoms. The lowest BCUT2D eigenvalue weighted by Gasteiger charge is -2.09. The Labute approximate surface area is 124 Å². The molecule has 0 fully saturated rings. The van der Waals surface area contributed by atoms with Gasteiger partial charge in [0.2, 0.25) is 0 Å². The molecule has 18 heavy (non-hydrogen) atoms. The fourth-order valence-corrected chi connectivity index (χ4v) is 1.33. The quantitative estimate of drug-likeness (QED) is 0.371. The van der Waals surface area contributed by atoms with Crippen LogP contribution in [0.2, 0.25) is 0 Å². The molecule has 1 aromatic carbocycles. The first-order valence-electron chi connectivity index (χ1n) is 5.38. The number of aliphatic imine (C=N–C) groups is 1. The number of nitrogens with one attached hydrogen (secondary N) is 2. The summed E-state index contributed by atoms with van der Waals surface area (Å²) in [6.45, 7) is 1.16. The van der Waals surface area contributed by atoms with Crippen molar-refractivity contribution in [3.8, 4) is 12.3 Å². The van der Waals surface area contributed by atoms with Gasteiger partial charge in [0.1, 0.15) is 5.82 Å². The van der Waals surface area contributed by atoms with Gasteiger partial charge in [-0.1, -0.05) is 18.1 Å². The third kappa shape index (κ3) is 6.45. The molecule has 0 radical (unpaired) electrons. The second-order valence-electron chi connectivity index (χ2n) is 3.43. The number of hydrogen-bond donors (Lipinski definition) is 2. The molecule has 2 N–H and O–H groups in total. The summed E-state index contributed by atoms with van der Waals surface area (Å²) in [5, 5.41) is 6.07. The molecular formula is C13H17FIN3. The van der Waals surface area contributed by atoms with E-state index in [-0.39, 0.29) is 29.8 Å². The molecule has 0 atom stereocenters. The molecule has 0 saturated heterocycles. The van der Waals surface area contributed by atoms with E-state index in [1.54, 1.807) is 19.2 Å². The topological polar surface area (TPSA) is 36.4 Å². The fourth-order valence-electron chi connectivity index (χ4n) is 1.33. The Morgan fingerprint density at radius 3 is 2.56 bits per heavy atom. The van der Waals surface area contributed by atoms with Gasteiger partial charge < -0.3 is 10.6 Å². The first kappa shape index (κ1) is 16.7. The Morgan fingerprint density at radius 1 is 1.33 bits per heavy atom. The minimum absolute atomic E-state index is 0. The van der Waals surface area contributed by atoms with Crippen molar-refractivity contribution < 1.29 is 4.39 Å². The summed E-state index contributed by atoms with van der Waals surface area (Å²) < 4.78 is 12.7. The van der Waals surface area contributed by atoms with Crippen molar-refractivity contribution in [2.24, 2.45) is 4.99 Å². The molecule has 5 heteroatoms. The van der Waals surface area contributed by atoms with Crippen LogP contribution in [0.15, 0.2) is 29.3 Å². The molecule has 0 spiro atoms. The number of rotatable bonds is 4. The van der Waals surface area contributed by atoms with Crippen LogP contribution in [-0.2, 0) is 6.42 Å².